The maximum atomic E-state index is 12.5. The highest BCUT2D eigenvalue weighted by atomic mass is 79.9. The van der Waals surface area contributed by atoms with Crippen molar-refractivity contribution in [3.05, 3.63) is 70.2 Å². The molecular weight excluding hydrogens is 338 g/mol. The van der Waals surface area contributed by atoms with E-state index in [1.807, 2.05) is 30.3 Å². The van der Waals surface area contributed by atoms with Gasteiger partial charge in [0.25, 0.3) is 0 Å². The van der Waals surface area contributed by atoms with Gasteiger partial charge in [0.15, 0.2) is 0 Å². The lowest BCUT2D eigenvalue weighted by molar-refractivity contribution is -0.123. The fourth-order valence-electron chi connectivity index (χ4n) is 2.95. The quantitative estimate of drug-likeness (QED) is 0.816. The standard InChI is InChI=1S/C19H20BrNO/c1-2-18(14-8-10-15(20)11-9-14)21-19(22)17-12-16(17)13-6-4-3-5-7-13/h3-11,16-18H,2,12H2,1H3,(H,21,22)/t16-,17+,18+/m1/s1. The second-order valence-corrected chi connectivity index (χ2v) is 6.80. The average Bonchev–Trinajstić information content (AvgIpc) is 3.35. The third kappa shape index (κ3) is 3.41. The lowest BCUT2D eigenvalue weighted by atomic mass is 10.0. The van der Waals surface area contributed by atoms with E-state index in [9.17, 15) is 4.79 Å². The van der Waals surface area contributed by atoms with E-state index in [4.69, 9.17) is 0 Å². The molecule has 3 atom stereocenters. The topological polar surface area (TPSA) is 29.1 Å². The van der Waals surface area contributed by atoms with Crippen LogP contribution in [0.2, 0.25) is 0 Å². The normalized spacial score (nSPS) is 21.2. The van der Waals surface area contributed by atoms with E-state index in [1.54, 1.807) is 0 Å². The van der Waals surface area contributed by atoms with Crippen molar-refractivity contribution in [2.75, 3.05) is 0 Å². The molecule has 0 aliphatic heterocycles. The van der Waals surface area contributed by atoms with Crippen LogP contribution in [0.25, 0.3) is 0 Å². The van der Waals surface area contributed by atoms with Gasteiger partial charge in [0.1, 0.15) is 0 Å². The van der Waals surface area contributed by atoms with Gasteiger partial charge in [-0.15, -0.1) is 0 Å². The molecule has 0 radical (unpaired) electrons. The zero-order chi connectivity index (χ0) is 15.5. The molecule has 114 valence electrons. The molecule has 2 nitrogen and oxygen atoms in total. The lowest BCUT2D eigenvalue weighted by Crippen LogP contribution is -2.29. The van der Waals surface area contributed by atoms with Gasteiger partial charge in [-0.1, -0.05) is 65.3 Å². The van der Waals surface area contributed by atoms with Gasteiger partial charge in [-0.25, -0.2) is 0 Å². The first-order chi connectivity index (χ1) is 10.7. The van der Waals surface area contributed by atoms with Gasteiger partial charge in [0.05, 0.1) is 6.04 Å². The number of carbonyl (C=O) groups excluding carboxylic acids is 1. The number of hydrogen-bond donors (Lipinski definition) is 1. The number of rotatable bonds is 5. The van der Waals surface area contributed by atoms with Gasteiger partial charge >= 0.3 is 0 Å². The Hall–Kier alpha value is -1.61. The van der Waals surface area contributed by atoms with E-state index < -0.39 is 0 Å². The first kappa shape index (κ1) is 15.3. The smallest absolute Gasteiger partial charge is 0.224 e. The summed E-state index contributed by atoms with van der Waals surface area (Å²) in [7, 11) is 0. The van der Waals surface area contributed by atoms with Crippen molar-refractivity contribution in [3.63, 3.8) is 0 Å². The molecule has 0 unspecified atom stereocenters. The molecule has 0 saturated heterocycles. The maximum Gasteiger partial charge on any atom is 0.224 e. The van der Waals surface area contributed by atoms with Crippen molar-refractivity contribution >= 4 is 21.8 Å². The molecule has 1 fully saturated rings. The van der Waals surface area contributed by atoms with Crippen LogP contribution in [0.3, 0.4) is 0 Å². The SMILES string of the molecule is CC[C@H](NC(=O)[C@H]1C[C@@H]1c1ccccc1)c1ccc(Br)cc1. The molecule has 0 spiro atoms. The van der Waals surface area contributed by atoms with Crippen LogP contribution in [0.4, 0.5) is 0 Å². The summed E-state index contributed by atoms with van der Waals surface area (Å²) in [5.74, 6) is 0.708. The Kier molecular flexibility index (Phi) is 4.63. The summed E-state index contributed by atoms with van der Waals surface area (Å²) in [6.45, 7) is 2.11. The molecule has 3 rings (SSSR count). The minimum atomic E-state index is 0.0950. The van der Waals surface area contributed by atoms with Crippen molar-refractivity contribution < 1.29 is 4.79 Å². The number of amides is 1. The molecule has 1 aliphatic rings. The second-order valence-electron chi connectivity index (χ2n) is 5.88. The molecule has 0 bridgehead atoms. The third-order valence-electron chi connectivity index (χ3n) is 4.35. The van der Waals surface area contributed by atoms with Gasteiger partial charge in [-0.05, 0) is 42.0 Å². The molecular formula is C19H20BrNO. The minimum absolute atomic E-state index is 0.0950. The molecule has 1 aliphatic carbocycles. The highest BCUT2D eigenvalue weighted by molar-refractivity contribution is 9.10. The van der Waals surface area contributed by atoms with E-state index in [2.05, 4.69) is 52.4 Å². The molecule has 1 amide bonds. The Morgan fingerprint density at radius 1 is 1.18 bits per heavy atom. The summed E-state index contributed by atoms with van der Waals surface area (Å²) in [4.78, 5) is 12.5. The van der Waals surface area contributed by atoms with Gasteiger partial charge in [-0.2, -0.15) is 0 Å². The average molecular weight is 358 g/mol. The number of benzene rings is 2. The summed E-state index contributed by atoms with van der Waals surface area (Å²) in [6.07, 6.45) is 1.86. The number of halogens is 1. The first-order valence-corrected chi connectivity index (χ1v) is 8.59. The van der Waals surface area contributed by atoms with Gasteiger partial charge in [0.2, 0.25) is 5.91 Å². The number of carbonyl (C=O) groups is 1. The minimum Gasteiger partial charge on any atom is -0.349 e. The monoisotopic (exact) mass is 357 g/mol. The molecule has 2 aromatic carbocycles. The fraction of sp³-hybridized carbons (Fsp3) is 0.316. The van der Waals surface area contributed by atoms with E-state index in [1.165, 1.54) is 5.56 Å². The van der Waals surface area contributed by atoms with Crippen LogP contribution in [0.1, 0.15) is 42.9 Å². The Labute approximate surface area is 140 Å². The Balaban J connectivity index is 1.63. The Bertz CT molecular complexity index is 638. The molecule has 22 heavy (non-hydrogen) atoms. The zero-order valence-corrected chi connectivity index (χ0v) is 14.2. The second kappa shape index (κ2) is 6.66. The maximum absolute atomic E-state index is 12.5. The molecule has 3 heteroatoms. The lowest BCUT2D eigenvalue weighted by Gasteiger charge is -2.17. The zero-order valence-electron chi connectivity index (χ0n) is 12.6. The number of hydrogen-bond acceptors (Lipinski definition) is 1. The van der Waals surface area contributed by atoms with Crippen LogP contribution in [0.15, 0.2) is 59.1 Å². The molecule has 0 aromatic heterocycles. The van der Waals surface area contributed by atoms with Crippen LogP contribution in [0.5, 0.6) is 0 Å². The van der Waals surface area contributed by atoms with Crippen LogP contribution < -0.4 is 5.32 Å². The van der Waals surface area contributed by atoms with E-state index in [0.717, 1.165) is 22.9 Å². The van der Waals surface area contributed by atoms with Crippen molar-refractivity contribution in [1.29, 1.82) is 0 Å². The van der Waals surface area contributed by atoms with Crippen LogP contribution >= 0.6 is 15.9 Å². The van der Waals surface area contributed by atoms with Crippen LogP contribution in [-0.2, 0) is 4.79 Å². The Morgan fingerprint density at radius 2 is 1.86 bits per heavy atom. The van der Waals surface area contributed by atoms with Gasteiger partial charge in [0, 0.05) is 10.4 Å². The highest BCUT2D eigenvalue weighted by Gasteiger charge is 2.44. The molecule has 0 heterocycles. The summed E-state index contributed by atoms with van der Waals surface area (Å²) >= 11 is 3.45. The number of nitrogens with one attached hydrogen (secondary N) is 1. The summed E-state index contributed by atoms with van der Waals surface area (Å²) < 4.78 is 1.06. The predicted octanol–water partition coefficient (Wildman–Crippen LogP) is 4.82. The summed E-state index contributed by atoms with van der Waals surface area (Å²) in [5, 5.41) is 3.21. The van der Waals surface area contributed by atoms with Gasteiger partial charge in [-0.3, -0.25) is 4.79 Å². The van der Waals surface area contributed by atoms with Gasteiger partial charge < -0.3 is 5.32 Å². The van der Waals surface area contributed by atoms with Crippen molar-refractivity contribution in [2.45, 2.75) is 31.7 Å². The largest absolute Gasteiger partial charge is 0.349 e. The molecule has 2 aromatic rings. The first-order valence-electron chi connectivity index (χ1n) is 7.80. The van der Waals surface area contributed by atoms with E-state index in [0.29, 0.717) is 5.92 Å². The predicted molar refractivity (Wildman–Crippen MR) is 92.6 cm³/mol. The van der Waals surface area contributed by atoms with E-state index >= 15 is 0 Å². The Morgan fingerprint density at radius 3 is 2.50 bits per heavy atom. The summed E-state index contributed by atoms with van der Waals surface area (Å²) in [5.41, 5.74) is 2.44. The van der Waals surface area contributed by atoms with E-state index in [-0.39, 0.29) is 17.9 Å². The van der Waals surface area contributed by atoms with Crippen LogP contribution in [-0.4, -0.2) is 5.91 Å². The van der Waals surface area contributed by atoms with Crippen molar-refractivity contribution in [3.8, 4) is 0 Å². The van der Waals surface area contributed by atoms with Crippen LogP contribution in [0, 0.1) is 5.92 Å². The molecule has 1 N–H and O–H groups in total. The van der Waals surface area contributed by atoms with Crippen molar-refractivity contribution in [2.24, 2.45) is 5.92 Å². The fourth-order valence-corrected chi connectivity index (χ4v) is 3.21. The van der Waals surface area contributed by atoms with Crippen molar-refractivity contribution in [1.82, 2.24) is 5.32 Å². The summed E-state index contributed by atoms with van der Waals surface area (Å²) in [6, 6.07) is 18.6. The molecule has 1 saturated carbocycles. The third-order valence-corrected chi connectivity index (χ3v) is 4.88. The highest BCUT2D eigenvalue weighted by Crippen LogP contribution is 2.47.